The predicted octanol–water partition coefficient (Wildman–Crippen LogP) is 1.16. The standard InChI is InChI=1S/C12H18O3/c1-4-10-8(2)11-9(7-13)5-6-12(3,14-10)15-11/h1,8-11,13H,5-7H2,2-3H3/t8-,9-,10-,11+,12?/m0/s1. The fourth-order valence-corrected chi connectivity index (χ4v) is 2.61. The van der Waals surface area contributed by atoms with Crippen molar-refractivity contribution in [3.63, 3.8) is 0 Å². The molecule has 1 unspecified atom stereocenters. The first-order valence-electron chi connectivity index (χ1n) is 5.52. The average molecular weight is 210 g/mol. The molecule has 2 bridgehead atoms. The fraction of sp³-hybridized carbons (Fsp3) is 0.833. The number of rotatable bonds is 1. The Morgan fingerprint density at radius 2 is 2.27 bits per heavy atom. The highest BCUT2D eigenvalue weighted by molar-refractivity contribution is 5.04. The van der Waals surface area contributed by atoms with E-state index in [2.05, 4.69) is 5.92 Å². The minimum atomic E-state index is -0.542. The van der Waals surface area contributed by atoms with Crippen molar-refractivity contribution in [3.8, 4) is 12.3 Å². The van der Waals surface area contributed by atoms with Crippen molar-refractivity contribution in [2.75, 3.05) is 6.61 Å². The minimum Gasteiger partial charge on any atom is -0.396 e. The molecule has 0 saturated carbocycles. The van der Waals surface area contributed by atoms with Crippen molar-refractivity contribution >= 4 is 0 Å². The van der Waals surface area contributed by atoms with E-state index < -0.39 is 5.79 Å². The van der Waals surface area contributed by atoms with Gasteiger partial charge >= 0.3 is 0 Å². The van der Waals surface area contributed by atoms with E-state index in [1.165, 1.54) is 0 Å². The Balaban J connectivity index is 2.21. The van der Waals surface area contributed by atoms with Gasteiger partial charge in [-0.3, -0.25) is 0 Å². The molecule has 2 saturated heterocycles. The van der Waals surface area contributed by atoms with Crippen LogP contribution in [0, 0.1) is 24.2 Å². The summed E-state index contributed by atoms with van der Waals surface area (Å²) in [5.41, 5.74) is 0. The van der Waals surface area contributed by atoms with Gasteiger partial charge in [-0.1, -0.05) is 12.8 Å². The van der Waals surface area contributed by atoms with E-state index in [1.807, 2.05) is 13.8 Å². The van der Waals surface area contributed by atoms with Crippen LogP contribution in [0.2, 0.25) is 0 Å². The highest BCUT2D eigenvalue weighted by Gasteiger charge is 2.49. The summed E-state index contributed by atoms with van der Waals surface area (Å²) in [5, 5.41) is 9.29. The number of ether oxygens (including phenoxy) is 2. The van der Waals surface area contributed by atoms with Crippen LogP contribution < -0.4 is 0 Å². The van der Waals surface area contributed by atoms with E-state index in [0.29, 0.717) is 0 Å². The summed E-state index contributed by atoms with van der Waals surface area (Å²) in [6.07, 6.45) is 7.04. The zero-order chi connectivity index (χ0) is 11.1. The Morgan fingerprint density at radius 1 is 1.53 bits per heavy atom. The monoisotopic (exact) mass is 210 g/mol. The van der Waals surface area contributed by atoms with Gasteiger partial charge in [0.1, 0.15) is 6.10 Å². The van der Waals surface area contributed by atoms with Crippen molar-refractivity contribution in [2.45, 2.75) is 44.7 Å². The topological polar surface area (TPSA) is 38.7 Å². The predicted molar refractivity (Wildman–Crippen MR) is 56.0 cm³/mol. The summed E-state index contributed by atoms with van der Waals surface area (Å²) in [7, 11) is 0. The van der Waals surface area contributed by atoms with Crippen LogP contribution >= 0.6 is 0 Å². The van der Waals surface area contributed by atoms with Gasteiger partial charge in [0.05, 0.1) is 6.10 Å². The summed E-state index contributed by atoms with van der Waals surface area (Å²) in [6, 6.07) is 0. The van der Waals surface area contributed by atoms with Crippen LogP contribution in [0.4, 0.5) is 0 Å². The van der Waals surface area contributed by atoms with E-state index in [4.69, 9.17) is 15.9 Å². The lowest BCUT2D eigenvalue weighted by Gasteiger charge is -2.51. The average Bonchev–Trinajstić information content (AvgIpc) is 2.24. The summed E-state index contributed by atoms with van der Waals surface area (Å²) >= 11 is 0. The molecule has 15 heavy (non-hydrogen) atoms. The Bertz CT molecular complexity index is 283. The van der Waals surface area contributed by atoms with Crippen molar-refractivity contribution in [3.05, 3.63) is 0 Å². The normalized spacial score (nSPS) is 49.7. The molecular formula is C12H18O3. The van der Waals surface area contributed by atoms with E-state index in [9.17, 15) is 5.11 Å². The molecule has 0 spiro atoms. The maximum Gasteiger partial charge on any atom is 0.167 e. The largest absolute Gasteiger partial charge is 0.396 e. The van der Waals surface area contributed by atoms with Crippen LogP contribution in [0.5, 0.6) is 0 Å². The molecule has 0 aromatic heterocycles. The number of aliphatic hydroxyl groups excluding tert-OH is 1. The van der Waals surface area contributed by atoms with Gasteiger partial charge in [0, 0.05) is 24.9 Å². The summed E-state index contributed by atoms with van der Waals surface area (Å²) in [6.45, 7) is 4.13. The van der Waals surface area contributed by atoms with E-state index in [-0.39, 0.29) is 30.7 Å². The maximum atomic E-state index is 9.29. The molecule has 2 rings (SSSR count). The van der Waals surface area contributed by atoms with Crippen LogP contribution in [-0.4, -0.2) is 29.7 Å². The first kappa shape index (κ1) is 10.9. The van der Waals surface area contributed by atoms with Gasteiger partial charge in [-0.25, -0.2) is 0 Å². The number of terminal acetylenes is 1. The molecule has 2 aliphatic heterocycles. The van der Waals surface area contributed by atoms with Gasteiger partial charge in [0.15, 0.2) is 5.79 Å². The molecular weight excluding hydrogens is 192 g/mol. The third-order valence-electron chi connectivity index (χ3n) is 3.59. The smallest absolute Gasteiger partial charge is 0.167 e. The molecule has 5 atom stereocenters. The van der Waals surface area contributed by atoms with Crippen LogP contribution in [0.3, 0.4) is 0 Å². The molecule has 0 amide bonds. The fourth-order valence-electron chi connectivity index (χ4n) is 2.61. The van der Waals surface area contributed by atoms with Crippen molar-refractivity contribution in [1.82, 2.24) is 0 Å². The summed E-state index contributed by atoms with van der Waals surface area (Å²) in [4.78, 5) is 0. The molecule has 2 fully saturated rings. The number of hydrogen-bond donors (Lipinski definition) is 1. The summed E-state index contributed by atoms with van der Waals surface area (Å²) < 4.78 is 11.6. The molecule has 3 nitrogen and oxygen atoms in total. The molecule has 3 heteroatoms. The second kappa shape index (κ2) is 3.79. The van der Waals surface area contributed by atoms with E-state index in [1.54, 1.807) is 0 Å². The van der Waals surface area contributed by atoms with Crippen molar-refractivity contribution < 1.29 is 14.6 Å². The van der Waals surface area contributed by atoms with Gasteiger partial charge < -0.3 is 14.6 Å². The highest BCUT2D eigenvalue weighted by Crippen LogP contribution is 2.42. The van der Waals surface area contributed by atoms with Crippen molar-refractivity contribution in [1.29, 1.82) is 0 Å². The Hall–Kier alpha value is -0.560. The second-order valence-electron chi connectivity index (χ2n) is 4.76. The first-order chi connectivity index (χ1) is 7.09. The molecule has 1 N–H and O–H groups in total. The summed E-state index contributed by atoms with van der Waals surface area (Å²) in [5.74, 6) is 2.48. The Labute approximate surface area is 90.8 Å². The quantitative estimate of drug-likeness (QED) is 0.660. The Kier molecular flexibility index (Phi) is 2.76. The Morgan fingerprint density at radius 3 is 2.87 bits per heavy atom. The molecule has 0 aromatic carbocycles. The number of fused-ring (bicyclic) bond motifs is 2. The lowest BCUT2D eigenvalue weighted by molar-refractivity contribution is -0.348. The second-order valence-corrected chi connectivity index (χ2v) is 4.76. The lowest BCUT2D eigenvalue weighted by atomic mass is 9.80. The number of hydrogen-bond acceptors (Lipinski definition) is 3. The zero-order valence-corrected chi connectivity index (χ0v) is 9.27. The minimum absolute atomic E-state index is 0.0311. The van der Waals surface area contributed by atoms with Crippen LogP contribution in [0.15, 0.2) is 0 Å². The third kappa shape index (κ3) is 1.78. The molecule has 2 aliphatic rings. The van der Waals surface area contributed by atoms with E-state index >= 15 is 0 Å². The third-order valence-corrected chi connectivity index (χ3v) is 3.59. The molecule has 0 aromatic rings. The maximum absolute atomic E-state index is 9.29. The van der Waals surface area contributed by atoms with Gasteiger partial charge in [-0.05, 0) is 13.3 Å². The molecule has 0 radical (unpaired) electrons. The molecule has 2 heterocycles. The van der Waals surface area contributed by atoms with Crippen LogP contribution in [0.1, 0.15) is 26.7 Å². The highest BCUT2D eigenvalue weighted by atomic mass is 16.7. The number of aliphatic hydroxyl groups is 1. The van der Waals surface area contributed by atoms with Crippen LogP contribution in [0.25, 0.3) is 0 Å². The SMILES string of the molecule is C#C[C@@H]1OC2(C)CC[C@@H](CO)[C@H](O2)[C@H]1C. The van der Waals surface area contributed by atoms with E-state index in [0.717, 1.165) is 12.8 Å². The van der Waals surface area contributed by atoms with Crippen LogP contribution in [-0.2, 0) is 9.47 Å². The van der Waals surface area contributed by atoms with Gasteiger partial charge in [-0.2, -0.15) is 0 Å². The lowest BCUT2D eigenvalue weighted by Crippen LogP contribution is -2.57. The molecule has 84 valence electrons. The van der Waals surface area contributed by atoms with Gasteiger partial charge in [0.2, 0.25) is 0 Å². The zero-order valence-electron chi connectivity index (χ0n) is 9.27. The van der Waals surface area contributed by atoms with Crippen molar-refractivity contribution in [2.24, 2.45) is 11.8 Å². The van der Waals surface area contributed by atoms with Gasteiger partial charge in [0.25, 0.3) is 0 Å². The first-order valence-corrected chi connectivity index (χ1v) is 5.52. The van der Waals surface area contributed by atoms with Gasteiger partial charge in [-0.15, -0.1) is 6.42 Å². The molecule has 0 aliphatic carbocycles.